The largest absolute Gasteiger partial charge is 0.493 e. The van der Waals surface area contributed by atoms with Gasteiger partial charge in [-0.25, -0.2) is 4.79 Å². The first-order valence-electron chi connectivity index (χ1n) is 11.8. The molecular formula is C30H29NO4. The van der Waals surface area contributed by atoms with Crippen LogP contribution in [0.25, 0.3) is 10.8 Å². The van der Waals surface area contributed by atoms with Gasteiger partial charge >= 0.3 is 5.97 Å². The standard InChI is InChI=1S/C30H29NO4/c1-17(2)29(33)35-24-13-11-19(14-25(24)34-5)26-21-12-10-18-8-6-7-9-20(18)28(21)31-22-15-30(3,4)16-23(32)27(22)26/h6-14,26,31H,1,15-16H2,2-5H3. The highest BCUT2D eigenvalue weighted by Crippen LogP contribution is 2.51. The van der Waals surface area contributed by atoms with E-state index in [9.17, 15) is 9.59 Å². The Hall–Kier alpha value is -3.86. The second kappa shape index (κ2) is 8.42. The number of nitrogens with one attached hydrogen (secondary N) is 1. The van der Waals surface area contributed by atoms with Crippen LogP contribution in [0.4, 0.5) is 5.69 Å². The number of methoxy groups -OCH3 is 1. The number of benzene rings is 3. The molecule has 3 aromatic rings. The number of fused-ring (bicyclic) bond motifs is 3. The van der Waals surface area contributed by atoms with Gasteiger partial charge in [-0.05, 0) is 47.4 Å². The van der Waals surface area contributed by atoms with E-state index >= 15 is 0 Å². The summed E-state index contributed by atoms with van der Waals surface area (Å²) in [5.74, 6) is 0.147. The molecule has 0 fully saturated rings. The van der Waals surface area contributed by atoms with E-state index in [4.69, 9.17) is 9.47 Å². The Kier molecular flexibility index (Phi) is 5.51. The van der Waals surface area contributed by atoms with Gasteiger partial charge in [-0.15, -0.1) is 0 Å². The van der Waals surface area contributed by atoms with Crippen LogP contribution >= 0.6 is 0 Å². The Labute approximate surface area is 205 Å². The Morgan fingerprint density at radius 1 is 1.06 bits per heavy atom. The number of esters is 1. The van der Waals surface area contributed by atoms with Gasteiger partial charge in [0.25, 0.3) is 0 Å². The van der Waals surface area contributed by atoms with E-state index in [0.29, 0.717) is 23.5 Å². The summed E-state index contributed by atoms with van der Waals surface area (Å²) in [6.07, 6.45) is 1.29. The summed E-state index contributed by atoms with van der Waals surface area (Å²) in [7, 11) is 1.54. The molecule has 0 bridgehead atoms. The molecule has 0 radical (unpaired) electrons. The van der Waals surface area contributed by atoms with Gasteiger partial charge in [-0.2, -0.15) is 0 Å². The number of rotatable bonds is 4. The molecule has 2 aliphatic rings. The van der Waals surface area contributed by atoms with Crippen molar-refractivity contribution in [3.05, 3.63) is 89.1 Å². The molecule has 1 aliphatic heterocycles. The normalized spacial score (nSPS) is 18.4. The predicted octanol–water partition coefficient (Wildman–Crippen LogP) is 6.53. The van der Waals surface area contributed by atoms with Gasteiger partial charge in [-0.1, -0.05) is 62.9 Å². The summed E-state index contributed by atoms with van der Waals surface area (Å²) in [4.78, 5) is 25.6. The highest BCUT2D eigenvalue weighted by atomic mass is 16.6. The van der Waals surface area contributed by atoms with Gasteiger partial charge in [0.05, 0.1) is 12.8 Å². The zero-order valence-electron chi connectivity index (χ0n) is 20.5. The van der Waals surface area contributed by atoms with E-state index in [-0.39, 0.29) is 17.1 Å². The highest BCUT2D eigenvalue weighted by molar-refractivity contribution is 6.05. The maximum Gasteiger partial charge on any atom is 0.338 e. The van der Waals surface area contributed by atoms with Gasteiger partial charge in [0.1, 0.15) is 0 Å². The van der Waals surface area contributed by atoms with Crippen LogP contribution in [-0.4, -0.2) is 18.9 Å². The van der Waals surface area contributed by atoms with Crippen LogP contribution < -0.4 is 14.8 Å². The molecule has 1 aliphatic carbocycles. The van der Waals surface area contributed by atoms with Gasteiger partial charge in [0.15, 0.2) is 17.3 Å². The Morgan fingerprint density at radius 2 is 1.83 bits per heavy atom. The van der Waals surface area contributed by atoms with Crippen LogP contribution in [0.5, 0.6) is 11.5 Å². The van der Waals surface area contributed by atoms with Crippen molar-refractivity contribution in [2.45, 2.75) is 39.5 Å². The second-order valence-electron chi connectivity index (χ2n) is 10.2. The Bertz CT molecular complexity index is 1430. The van der Waals surface area contributed by atoms with Crippen molar-refractivity contribution >= 4 is 28.2 Å². The van der Waals surface area contributed by atoms with Crippen LogP contribution in [0.3, 0.4) is 0 Å². The first kappa shape index (κ1) is 22.9. The first-order valence-corrected chi connectivity index (χ1v) is 11.8. The summed E-state index contributed by atoms with van der Waals surface area (Å²) in [6.45, 7) is 9.52. The van der Waals surface area contributed by atoms with Crippen molar-refractivity contribution in [1.82, 2.24) is 0 Å². The van der Waals surface area contributed by atoms with Gasteiger partial charge in [-0.3, -0.25) is 4.79 Å². The topological polar surface area (TPSA) is 64.6 Å². The smallest absolute Gasteiger partial charge is 0.338 e. The third kappa shape index (κ3) is 4.01. The van der Waals surface area contributed by atoms with Crippen molar-refractivity contribution in [3.63, 3.8) is 0 Å². The number of ether oxygens (including phenoxy) is 2. The maximum absolute atomic E-state index is 13.5. The average Bonchev–Trinajstić information content (AvgIpc) is 2.82. The minimum Gasteiger partial charge on any atom is -0.493 e. The molecule has 5 heteroatoms. The quantitative estimate of drug-likeness (QED) is 0.268. The molecule has 0 saturated heterocycles. The summed E-state index contributed by atoms with van der Waals surface area (Å²) < 4.78 is 11.1. The van der Waals surface area contributed by atoms with Crippen molar-refractivity contribution in [2.24, 2.45) is 5.41 Å². The molecular weight excluding hydrogens is 438 g/mol. The molecule has 35 heavy (non-hydrogen) atoms. The molecule has 1 heterocycles. The van der Waals surface area contributed by atoms with Crippen molar-refractivity contribution in [2.75, 3.05) is 12.4 Å². The minimum absolute atomic E-state index is 0.117. The highest BCUT2D eigenvalue weighted by Gasteiger charge is 2.41. The fourth-order valence-electron chi connectivity index (χ4n) is 5.24. The fourth-order valence-corrected chi connectivity index (χ4v) is 5.24. The van der Waals surface area contributed by atoms with Crippen LogP contribution in [0.2, 0.25) is 0 Å². The van der Waals surface area contributed by atoms with E-state index in [0.717, 1.165) is 45.3 Å². The average molecular weight is 468 g/mol. The number of carbonyl (C=O) groups is 2. The molecule has 5 rings (SSSR count). The van der Waals surface area contributed by atoms with Crippen LogP contribution in [0.1, 0.15) is 50.7 Å². The van der Waals surface area contributed by atoms with Crippen molar-refractivity contribution in [1.29, 1.82) is 0 Å². The minimum atomic E-state index is -0.510. The predicted molar refractivity (Wildman–Crippen MR) is 138 cm³/mol. The van der Waals surface area contributed by atoms with Gasteiger partial charge < -0.3 is 14.8 Å². The number of hydrogen-bond donors (Lipinski definition) is 1. The molecule has 1 N–H and O–H groups in total. The van der Waals surface area contributed by atoms with Gasteiger partial charge in [0.2, 0.25) is 0 Å². The Morgan fingerprint density at radius 3 is 2.57 bits per heavy atom. The van der Waals surface area contributed by atoms with E-state index in [1.807, 2.05) is 24.3 Å². The monoisotopic (exact) mass is 467 g/mol. The zero-order valence-corrected chi connectivity index (χ0v) is 20.5. The van der Waals surface area contributed by atoms with Crippen LogP contribution in [0.15, 0.2) is 78.0 Å². The van der Waals surface area contributed by atoms with Crippen LogP contribution in [-0.2, 0) is 9.59 Å². The summed E-state index contributed by atoms with van der Waals surface area (Å²) in [5, 5.41) is 5.92. The summed E-state index contributed by atoms with van der Waals surface area (Å²) >= 11 is 0. The van der Waals surface area contributed by atoms with E-state index < -0.39 is 5.97 Å². The third-order valence-electron chi connectivity index (χ3n) is 6.83. The molecule has 0 amide bonds. The molecule has 0 aromatic heterocycles. The van der Waals surface area contributed by atoms with Crippen molar-refractivity contribution in [3.8, 4) is 11.5 Å². The molecule has 178 valence electrons. The first-order chi connectivity index (χ1) is 16.7. The van der Waals surface area contributed by atoms with E-state index in [1.54, 1.807) is 20.1 Å². The third-order valence-corrected chi connectivity index (χ3v) is 6.83. The number of Topliss-reactive ketones (excluding diaryl/α,β-unsaturated/α-hetero) is 1. The summed E-state index contributed by atoms with van der Waals surface area (Å²) in [5.41, 5.74) is 4.97. The molecule has 0 spiro atoms. The SMILES string of the molecule is C=C(C)C(=O)Oc1ccc(C2C3=C(CC(C)(C)CC3=O)Nc3c2ccc2ccccc32)cc1OC. The molecule has 3 aromatic carbocycles. The lowest BCUT2D eigenvalue weighted by Gasteiger charge is -2.40. The van der Waals surface area contributed by atoms with E-state index in [1.165, 1.54) is 0 Å². The maximum atomic E-state index is 13.5. The lowest BCUT2D eigenvalue weighted by atomic mass is 9.68. The van der Waals surface area contributed by atoms with Gasteiger partial charge in [0, 0.05) is 34.6 Å². The van der Waals surface area contributed by atoms with Crippen LogP contribution in [0, 0.1) is 5.41 Å². The summed E-state index contributed by atoms with van der Waals surface area (Å²) in [6, 6.07) is 18.0. The lowest BCUT2D eigenvalue weighted by molar-refractivity contribution is -0.130. The van der Waals surface area contributed by atoms with Crippen molar-refractivity contribution < 1.29 is 19.1 Å². The molecule has 1 unspecified atom stereocenters. The number of hydrogen-bond acceptors (Lipinski definition) is 5. The number of allylic oxidation sites excluding steroid dienone is 2. The Balaban J connectivity index is 1.70. The molecule has 1 atom stereocenters. The number of ketones is 1. The number of anilines is 1. The lowest BCUT2D eigenvalue weighted by Crippen LogP contribution is -2.33. The molecule has 0 saturated carbocycles. The second-order valence-corrected chi connectivity index (χ2v) is 10.2. The fraction of sp³-hybridized carbons (Fsp3) is 0.267. The number of carbonyl (C=O) groups excluding carboxylic acids is 2. The molecule has 5 nitrogen and oxygen atoms in total. The zero-order chi connectivity index (χ0) is 24.9. The van der Waals surface area contributed by atoms with E-state index in [2.05, 4.69) is 50.0 Å².